The van der Waals surface area contributed by atoms with E-state index in [0.29, 0.717) is 17.9 Å². The van der Waals surface area contributed by atoms with Gasteiger partial charge >= 0.3 is 5.97 Å². The highest BCUT2D eigenvalue weighted by atomic mass is 16.5. The number of hydrogen-bond acceptors (Lipinski definition) is 5. The maximum Gasteiger partial charge on any atom is 0.341 e. The number of esters is 1. The molecule has 1 N–H and O–H groups in total. The van der Waals surface area contributed by atoms with Crippen LogP contribution in [-0.2, 0) is 11.3 Å². The van der Waals surface area contributed by atoms with Gasteiger partial charge in [0.05, 0.1) is 19.9 Å². The van der Waals surface area contributed by atoms with Crippen molar-refractivity contribution in [2.45, 2.75) is 31.8 Å². The predicted octanol–water partition coefficient (Wildman–Crippen LogP) is 1.64. The summed E-state index contributed by atoms with van der Waals surface area (Å²) < 4.78 is 10.2. The fourth-order valence-corrected chi connectivity index (χ4v) is 2.41. The molecule has 0 spiro atoms. The lowest BCUT2D eigenvalue weighted by molar-refractivity contribution is 0.0594. The number of carbonyl (C=O) groups excluding carboxylic acids is 1. The van der Waals surface area contributed by atoms with E-state index in [1.807, 2.05) is 7.05 Å². The number of likely N-dealkylation sites (tertiary alicyclic amines) is 1. The van der Waals surface area contributed by atoms with E-state index in [1.54, 1.807) is 12.3 Å². The smallest absolute Gasteiger partial charge is 0.341 e. The molecule has 0 aliphatic carbocycles. The van der Waals surface area contributed by atoms with Gasteiger partial charge in [0.1, 0.15) is 11.3 Å². The van der Waals surface area contributed by atoms with Gasteiger partial charge in [0.15, 0.2) is 0 Å². The molecule has 2 rings (SSSR count). The number of carbonyl (C=O) groups is 1. The number of nitrogens with zero attached hydrogens (tertiary/aromatic N) is 1. The van der Waals surface area contributed by atoms with Crippen molar-refractivity contribution in [1.82, 2.24) is 10.2 Å². The standard InChI is InChI=1S/C14H22N2O3/c1-14(15-2)5-7-16(8-6-14)10-12-11(4-9-19-12)13(17)18-3/h4,9,15H,5-8,10H2,1-3H3. The van der Waals surface area contributed by atoms with Crippen molar-refractivity contribution in [3.8, 4) is 0 Å². The Hall–Kier alpha value is -1.33. The summed E-state index contributed by atoms with van der Waals surface area (Å²) in [6.45, 7) is 4.91. The molecule has 0 amide bonds. The molecule has 1 fully saturated rings. The van der Waals surface area contributed by atoms with Crippen molar-refractivity contribution >= 4 is 5.97 Å². The van der Waals surface area contributed by atoms with E-state index >= 15 is 0 Å². The fourth-order valence-electron chi connectivity index (χ4n) is 2.41. The van der Waals surface area contributed by atoms with Crippen molar-refractivity contribution in [3.05, 3.63) is 23.7 Å². The first-order chi connectivity index (χ1) is 9.08. The van der Waals surface area contributed by atoms with Crippen LogP contribution in [0.3, 0.4) is 0 Å². The minimum absolute atomic E-state index is 0.227. The Bertz CT molecular complexity index is 434. The lowest BCUT2D eigenvalue weighted by Gasteiger charge is -2.39. The number of methoxy groups -OCH3 is 1. The maximum absolute atomic E-state index is 11.6. The van der Waals surface area contributed by atoms with Crippen LogP contribution < -0.4 is 5.32 Å². The lowest BCUT2D eigenvalue weighted by atomic mass is 9.90. The maximum atomic E-state index is 11.6. The molecule has 0 unspecified atom stereocenters. The van der Waals surface area contributed by atoms with Crippen LogP contribution in [0.5, 0.6) is 0 Å². The van der Waals surface area contributed by atoms with Crippen molar-refractivity contribution in [3.63, 3.8) is 0 Å². The first-order valence-electron chi connectivity index (χ1n) is 6.64. The first kappa shape index (κ1) is 14.1. The summed E-state index contributed by atoms with van der Waals surface area (Å²) >= 11 is 0. The highest BCUT2D eigenvalue weighted by Crippen LogP contribution is 2.23. The van der Waals surface area contributed by atoms with Gasteiger partial charge in [-0.2, -0.15) is 0 Å². The Morgan fingerprint density at radius 1 is 1.53 bits per heavy atom. The summed E-state index contributed by atoms with van der Waals surface area (Å²) in [6.07, 6.45) is 3.73. The van der Waals surface area contributed by atoms with Gasteiger partial charge in [-0.1, -0.05) is 0 Å². The second kappa shape index (κ2) is 5.75. The Morgan fingerprint density at radius 3 is 2.79 bits per heavy atom. The number of ether oxygens (including phenoxy) is 1. The molecule has 0 radical (unpaired) electrons. The molecule has 0 bridgehead atoms. The molecule has 0 atom stereocenters. The monoisotopic (exact) mass is 266 g/mol. The normalized spacial score (nSPS) is 19.3. The number of nitrogens with one attached hydrogen (secondary N) is 1. The zero-order valence-electron chi connectivity index (χ0n) is 11.9. The summed E-state index contributed by atoms with van der Waals surface area (Å²) in [5, 5.41) is 3.37. The van der Waals surface area contributed by atoms with Gasteiger partial charge in [-0.05, 0) is 32.9 Å². The summed E-state index contributed by atoms with van der Waals surface area (Å²) in [5.74, 6) is 0.362. The van der Waals surface area contributed by atoms with Crippen LogP contribution in [0.2, 0.25) is 0 Å². The van der Waals surface area contributed by atoms with Crippen LogP contribution in [0.15, 0.2) is 16.7 Å². The van der Waals surface area contributed by atoms with Crippen LogP contribution in [0.1, 0.15) is 35.9 Å². The molecule has 19 heavy (non-hydrogen) atoms. The third-order valence-electron chi connectivity index (χ3n) is 4.08. The van der Waals surface area contributed by atoms with E-state index in [2.05, 4.69) is 17.1 Å². The van der Waals surface area contributed by atoms with Crippen LogP contribution in [0.4, 0.5) is 0 Å². The first-order valence-corrected chi connectivity index (χ1v) is 6.64. The molecule has 1 aliphatic heterocycles. The number of furan rings is 1. The van der Waals surface area contributed by atoms with Gasteiger partial charge in [-0.3, -0.25) is 4.90 Å². The van der Waals surface area contributed by atoms with Crippen LogP contribution >= 0.6 is 0 Å². The summed E-state index contributed by atoms with van der Waals surface area (Å²) in [5.41, 5.74) is 0.759. The molecule has 5 nitrogen and oxygen atoms in total. The van der Waals surface area contributed by atoms with Gasteiger partial charge in [0.25, 0.3) is 0 Å². The van der Waals surface area contributed by atoms with Gasteiger partial charge in [-0.25, -0.2) is 4.79 Å². The van der Waals surface area contributed by atoms with Gasteiger partial charge in [0.2, 0.25) is 0 Å². The fraction of sp³-hybridized carbons (Fsp3) is 0.643. The molecule has 1 saturated heterocycles. The van der Waals surface area contributed by atoms with Crippen LogP contribution in [0, 0.1) is 0 Å². The molecule has 1 aromatic rings. The Morgan fingerprint density at radius 2 is 2.21 bits per heavy atom. The van der Waals surface area contributed by atoms with E-state index < -0.39 is 0 Å². The van der Waals surface area contributed by atoms with Crippen LogP contribution in [0.25, 0.3) is 0 Å². The molecular formula is C14H22N2O3. The highest BCUT2D eigenvalue weighted by molar-refractivity contribution is 5.90. The SMILES string of the molecule is CNC1(C)CCN(Cc2occc2C(=O)OC)CC1. The van der Waals surface area contributed by atoms with Crippen molar-refractivity contribution in [1.29, 1.82) is 0 Å². The number of hydrogen-bond donors (Lipinski definition) is 1. The number of rotatable bonds is 4. The van der Waals surface area contributed by atoms with Crippen molar-refractivity contribution < 1.29 is 13.9 Å². The molecule has 2 heterocycles. The van der Waals surface area contributed by atoms with E-state index in [9.17, 15) is 4.79 Å². The Kier molecular flexibility index (Phi) is 4.27. The Labute approximate surface area is 113 Å². The van der Waals surface area contributed by atoms with Crippen LogP contribution in [-0.4, -0.2) is 43.7 Å². The highest BCUT2D eigenvalue weighted by Gasteiger charge is 2.29. The molecule has 1 aliphatic rings. The Balaban J connectivity index is 1.96. The molecule has 106 valence electrons. The molecule has 1 aromatic heterocycles. The topological polar surface area (TPSA) is 54.7 Å². The average Bonchev–Trinajstić information content (AvgIpc) is 2.89. The summed E-state index contributed by atoms with van der Waals surface area (Å²) in [7, 11) is 3.40. The molecule has 5 heteroatoms. The van der Waals surface area contributed by atoms with Gasteiger partial charge < -0.3 is 14.5 Å². The van der Waals surface area contributed by atoms with E-state index in [4.69, 9.17) is 9.15 Å². The summed E-state index contributed by atoms with van der Waals surface area (Å²) in [6, 6.07) is 1.67. The second-order valence-corrected chi connectivity index (χ2v) is 5.34. The van der Waals surface area contributed by atoms with Crippen molar-refractivity contribution in [2.75, 3.05) is 27.2 Å². The quantitative estimate of drug-likeness (QED) is 0.840. The molecular weight excluding hydrogens is 244 g/mol. The molecule has 0 saturated carbocycles. The van der Waals surface area contributed by atoms with E-state index in [-0.39, 0.29) is 11.5 Å². The van der Waals surface area contributed by atoms with Crippen molar-refractivity contribution in [2.24, 2.45) is 0 Å². The predicted molar refractivity (Wildman–Crippen MR) is 72.0 cm³/mol. The molecule has 0 aromatic carbocycles. The largest absolute Gasteiger partial charge is 0.467 e. The third kappa shape index (κ3) is 3.16. The summed E-state index contributed by atoms with van der Waals surface area (Å²) in [4.78, 5) is 13.9. The van der Waals surface area contributed by atoms with E-state index in [1.165, 1.54) is 7.11 Å². The minimum atomic E-state index is -0.333. The number of piperidine rings is 1. The third-order valence-corrected chi connectivity index (χ3v) is 4.08. The lowest BCUT2D eigenvalue weighted by Crippen LogP contribution is -2.49. The van der Waals surface area contributed by atoms with E-state index in [0.717, 1.165) is 25.9 Å². The van der Waals surface area contributed by atoms with Gasteiger partial charge in [-0.15, -0.1) is 0 Å². The minimum Gasteiger partial charge on any atom is -0.467 e. The zero-order chi connectivity index (χ0) is 13.9. The second-order valence-electron chi connectivity index (χ2n) is 5.34. The zero-order valence-corrected chi connectivity index (χ0v) is 11.9. The van der Waals surface area contributed by atoms with Gasteiger partial charge in [0, 0.05) is 18.6 Å². The average molecular weight is 266 g/mol.